The maximum atomic E-state index is 13.2. The highest BCUT2D eigenvalue weighted by molar-refractivity contribution is 5.86. The van der Waals surface area contributed by atoms with Crippen molar-refractivity contribution < 1.29 is 13.9 Å². The lowest BCUT2D eigenvalue weighted by atomic mass is 9.85. The Balaban J connectivity index is 2.65. The molecule has 2 nitrogen and oxygen atoms in total. The van der Waals surface area contributed by atoms with Crippen molar-refractivity contribution >= 4 is 5.97 Å². The van der Waals surface area contributed by atoms with Gasteiger partial charge in [-0.25, -0.2) is 4.79 Å². The summed E-state index contributed by atoms with van der Waals surface area (Å²) in [6.45, 7) is 5.92. The van der Waals surface area contributed by atoms with Gasteiger partial charge >= 0.3 is 5.97 Å². The third kappa shape index (κ3) is 3.33. The van der Waals surface area contributed by atoms with E-state index in [1.165, 1.54) is 13.2 Å². The molecule has 0 radical (unpaired) electrons. The predicted octanol–water partition coefficient (Wildman–Crippen LogP) is 3.32. The van der Waals surface area contributed by atoms with Gasteiger partial charge in [-0.3, -0.25) is 0 Å². The van der Waals surface area contributed by atoms with Crippen LogP contribution in [0.4, 0.5) is 4.39 Å². The second-order valence-corrected chi connectivity index (χ2v) is 4.08. The molecule has 0 aliphatic heterocycles. The van der Waals surface area contributed by atoms with Gasteiger partial charge in [-0.15, -0.1) is 0 Å². The molecule has 0 saturated heterocycles. The Morgan fingerprint density at radius 1 is 1.69 bits per heavy atom. The van der Waals surface area contributed by atoms with Gasteiger partial charge in [0.05, 0.1) is 7.11 Å². The normalized spacial score (nSPS) is 21.3. The molecule has 1 atom stereocenters. The highest BCUT2D eigenvalue weighted by Crippen LogP contribution is 2.29. The first-order chi connectivity index (χ1) is 7.54. The minimum Gasteiger partial charge on any atom is -0.464 e. The van der Waals surface area contributed by atoms with Crippen molar-refractivity contribution in [2.45, 2.75) is 26.2 Å². The van der Waals surface area contributed by atoms with Crippen molar-refractivity contribution in [2.75, 3.05) is 7.11 Å². The summed E-state index contributed by atoms with van der Waals surface area (Å²) in [6, 6.07) is 0. The van der Waals surface area contributed by atoms with Crippen LogP contribution >= 0.6 is 0 Å². The fraction of sp³-hybridized carbons (Fsp3) is 0.462. The number of methoxy groups -OCH3 is 1. The minimum absolute atomic E-state index is 0.485. The smallest absolute Gasteiger partial charge is 0.366 e. The average Bonchev–Trinajstić information content (AvgIpc) is 2.28. The average molecular weight is 224 g/mol. The lowest BCUT2D eigenvalue weighted by Crippen LogP contribution is -2.07. The standard InChI is InChI=1S/C13H17FO2/c1-9(2)11-6-4-10(5-7-11)8-12(14)13(15)16-3/h4,8,11H,1,5-7H2,2-3H3/b12-8+. The predicted molar refractivity (Wildman–Crippen MR) is 61.4 cm³/mol. The number of carbonyl (C=O) groups excluding carboxylic acids is 1. The van der Waals surface area contributed by atoms with Crippen LogP contribution in [0.3, 0.4) is 0 Å². The van der Waals surface area contributed by atoms with Gasteiger partial charge in [0.1, 0.15) is 0 Å². The Kier molecular flexibility index (Phi) is 4.47. The Morgan fingerprint density at radius 2 is 2.38 bits per heavy atom. The molecule has 0 bridgehead atoms. The number of rotatable bonds is 3. The molecule has 0 aromatic rings. The molecular weight excluding hydrogens is 207 g/mol. The molecule has 3 heteroatoms. The van der Waals surface area contributed by atoms with Gasteiger partial charge < -0.3 is 4.74 Å². The number of halogens is 1. The van der Waals surface area contributed by atoms with Crippen molar-refractivity contribution in [3.8, 4) is 0 Å². The van der Waals surface area contributed by atoms with E-state index < -0.39 is 11.8 Å². The SMILES string of the molecule is C=C(C)C1CC=C(/C=C(/F)C(=O)OC)CC1. The van der Waals surface area contributed by atoms with E-state index >= 15 is 0 Å². The third-order valence-corrected chi connectivity index (χ3v) is 2.84. The maximum Gasteiger partial charge on any atom is 0.366 e. The fourth-order valence-electron chi connectivity index (χ4n) is 1.75. The summed E-state index contributed by atoms with van der Waals surface area (Å²) < 4.78 is 17.5. The zero-order valence-corrected chi connectivity index (χ0v) is 9.75. The van der Waals surface area contributed by atoms with E-state index in [2.05, 4.69) is 11.3 Å². The first-order valence-corrected chi connectivity index (χ1v) is 5.34. The van der Waals surface area contributed by atoms with Crippen molar-refractivity contribution in [1.82, 2.24) is 0 Å². The number of esters is 1. The van der Waals surface area contributed by atoms with Crippen LogP contribution in [0.2, 0.25) is 0 Å². The van der Waals surface area contributed by atoms with Crippen LogP contribution in [0.25, 0.3) is 0 Å². The molecule has 88 valence electrons. The highest BCUT2D eigenvalue weighted by Gasteiger charge is 2.15. The largest absolute Gasteiger partial charge is 0.464 e. The summed E-state index contributed by atoms with van der Waals surface area (Å²) in [7, 11) is 1.17. The van der Waals surface area contributed by atoms with E-state index in [9.17, 15) is 9.18 Å². The van der Waals surface area contributed by atoms with Crippen LogP contribution in [0.1, 0.15) is 26.2 Å². The molecule has 1 aliphatic rings. The van der Waals surface area contributed by atoms with Crippen molar-refractivity contribution in [2.24, 2.45) is 5.92 Å². The highest BCUT2D eigenvalue weighted by atomic mass is 19.1. The molecule has 0 spiro atoms. The van der Waals surface area contributed by atoms with Crippen molar-refractivity contribution in [3.63, 3.8) is 0 Å². The Labute approximate surface area is 95.5 Å². The summed E-state index contributed by atoms with van der Waals surface area (Å²) in [5.74, 6) is -1.26. The van der Waals surface area contributed by atoms with Crippen LogP contribution in [-0.2, 0) is 9.53 Å². The molecule has 1 unspecified atom stereocenters. The summed E-state index contributed by atoms with van der Waals surface area (Å²) in [5, 5.41) is 0. The van der Waals surface area contributed by atoms with Gasteiger partial charge in [0, 0.05) is 0 Å². The Bertz CT molecular complexity index is 353. The number of carbonyl (C=O) groups is 1. The number of hydrogen-bond acceptors (Lipinski definition) is 2. The van der Waals surface area contributed by atoms with Gasteiger partial charge in [0.2, 0.25) is 5.83 Å². The molecule has 0 fully saturated rings. The topological polar surface area (TPSA) is 26.3 Å². The lowest BCUT2D eigenvalue weighted by molar-refractivity contribution is -0.137. The van der Waals surface area contributed by atoms with Crippen LogP contribution in [0.15, 0.2) is 35.7 Å². The van der Waals surface area contributed by atoms with Crippen molar-refractivity contribution in [1.29, 1.82) is 0 Å². The monoisotopic (exact) mass is 224 g/mol. The molecule has 0 aromatic carbocycles. The lowest BCUT2D eigenvalue weighted by Gasteiger charge is -2.20. The number of ether oxygens (including phenoxy) is 1. The Hall–Kier alpha value is -1.38. The van der Waals surface area contributed by atoms with E-state index in [0.29, 0.717) is 5.92 Å². The van der Waals surface area contributed by atoms with Crippen molar-refractivity contribution in [3.05, 3.63) is 35.7 Å². The minimum atomic E-state index is -0.914. The van der Waals surface area contributed by atoms with E-state index in [1.807, 2.05) is 13.0 Å². The molecular formula is C13H17FO2. The summed E-state index contributed by atoms with van der Waals surface area (Å²) in [4.78, 5) is 10.9. The van der Waals surface area contributed by atoms with Crippen LogP contribution < -0.4 is 0 Å². The second-order valence-electron chi connectivity index (χ2n) is 4.08. The molecule has 1 rings (SSSR count). The first kappa shape index (κ1) is 12.7. The number of allylic oxidation sites excluding steroid dienone is 4. The molecule has 0 aromatic heterocycles. The zero-order chi connectivity index (χ0) is 12.1. The van der Waals surface area contributed by atoms with Gasteiger partial charge in [-0.1, -0.05) is 18.2 Å². The van der Waals surface area contributed by atoms with Gasteiger partial charge in [-0.05, 0) is 43.8 Å². The number of hydrogen-bond donors (Lipinski definition) is 0. The van der Waals surface area contributed by atoms with Gasteiger partial charge in [0.25, 0.3) is 0 Å². The second kappa shape index (κ2) is 5.64. The van der Waals surface area contributed by atoms with Gasteiger partial charge in [-0.2, -0.15) is 4.39 Å². The molecule has 1 aliphatic carbocycles. The quantitative estimate of drug-likeness (QED) is 0.417. The van der Waals surface area contributed by atoms with Crippen LogP contribution in [0.5, 0.6) is 0 Å². The molecule has 0 heterocycles. The molecule has 16 heavy (non-hydrogen) atoms. The van der Waals surface area contributed by atoms with E-state index in [-0.39, 0.29) is 0 Å². The summed E-state index contributed by atoms with van der Waals surface area (Å²) in [6.07, 6.45) is 5.84. The maximum absolute atomic E-state index is 13.2. The molecule has 0 N–H and O–H groups in total. The van der Waals surface area contributed by atoms with E-state index in [1.54, 1.807) is 0 Å². The first-order valence-electron chi connectivity index (χ1n) is 5.34. The Morgan fingerprint density at radius 3 is 2.81 bits per heavy atom. The summed E-state index contributed by atoms with van der Waals surface area (Å²) >= 11 is 0. The molecule has 0 saturated carbocycles. The zero-order valence-electron chi connectivity index (χ0n) is 9.75. The van der Waals surface area contributed by atoms with Crippen LogP contribution in [0, 0.1) is 5.92 Å². The van der Waals surface area contributed by atoms with E-state index in [0.717, 1.165) is 30.4 Å². The summed E-state index contributed by atoms with van der Waals surface area (Å²) in [5.41, 5.74) is 2.02. The molecule has 0 amide bonds. The third-order valence-electron chi connectivity index (χ3n) is 2.84. The fourth-order valence-corrected chi connectivity index (χ4v) is 1.75. The van der Waals surface area contributed by atoms with E-state index in [4.69, 9.17) is 0 Å². The van der Waals surface area contributed by atoms with Crippen LogP contribution in [-0.4, -0.2) is 13.1 Å². The van der Waals surface area contributed by atoms with Gasteiger partial charge in [0.15, 0.2) is 0 Å².